The molecule has 7 nitrogen and oxygen atoms in total. The van der Waals surface area contributed by atoms with Gasteiger partial charge in [-0.05, 0) is 24.6 Å². The van der Waals surface area contributed by atoms with Crippen molar-refractivity contribution in [2.75, 3.05) is 5.32 Å². The van der Waals surface area contributed by atoms with Crippen molar-refractivity contribution in [1.29, 1.82) is 0 Å². The summed E-state index contributed by atoms with van der Waals surface area (Å²) in [7, 11) is 0. The monoisotopic (exact) mass is 274 g/mol. The first-order valence-corrected chi connectivity index (χ1v) is 6.02. The first-order chi connectivity index (χ1) is 9.56. The lowest BCUT2D eigenvalue weighted by molar-refractivity contribution is -0.116. The van der Waals surface area contributed by atoms with E-state index < -0.39 is 5.97 Å². The number of benzene rings is 1. The minimum Gasteiger partial charge on any atom is -0.478 e. The lowest BCUT2D eigenvalue weighted by atomic mass is 10.1. The van der Waals surface area contributed by atoms with Gasteiger partial charge in [0.15, 0.2) is 0 Å². The third-order valence-electron chi connectivity index (χ3n) is 2.79. The fourth-order valence-electron chi connectivity index (χ4n) is 1.72. The highest BCUT2D eigenvalue weighted by Gasteiger charge is 2.09. The summed E-state index contributed by atoms with van der Waals surface area (Å²) in [6, 6.07) is 4.79. The second-order valence-corrected chi connectivity index (χ2v) is 4.29. The zero-order valence-electron chi connectivity index (χ0n) is 10.9. The summed E-state index contributed by atoms with van der Waals surface area (Å²) in [6.07, 6.45) is 3.17. The summed E-state index contributed by atoms with van der Waals surface area (Å²) in [6.45, 7) is 2.13. The van der Waals surface area contributed by atoms with Gasteiger partial charge in [0.1, 0.15) is 12.7 Å². The Hall–Kier alpha value is -2.70. The molecular weight excluding hydrogens is 260 g/mol. The van der Waals surface area contributed by atoms with Crippen LogP contribution in [0, 0.1) is 6.92 Å². The van der Waals surface area contributed by atoms with E-state index in [9.17, 15) is 9.59 Å². The molecule has 0 fully saturated rings. The smallest absolute Gasteiger partial charge is 0.336 e. The topological polar surface area (TPSA) is 97.1 Å². The molecule has 0 saturated heterocycles. The number of hydrogen-bond donors (Lipinski definition) is 2. The van der Waals surface area contributed by atoms with E-state index in [1.807, 2.05) is 0 Å². The predicted molar refractivity (Wildman–Crippen MR) is 71.4 cm³/mol. The largest absolute Gasteiger partial charge is 0.478 e. The average Bonchev–Trinajstić information content (AvgIpc) is 2.91. The van der Waals surface area contributed by atoms with Crippen molar-refractivity contribution in [3.63, 3.8) is 0 Å². The fraction of sp³-hybridized carbons (Fsp3) is 0.231. The van der Waals surface area contributed by atoms with Crippen LogP contribution in [0.3, 0.4) is 0 Å². The molecule has 2 N–H and O–H groups in total. The fourth-order valence-corrected chi connectivity index (χ4v) is 1.72. The lowest BCUT2D eigenvalue weighted by Gasteiger charge is -2.07. The predicted octanol–water partition coefficient (Wildman–Crippen LogP) is 1.31. The third kappa shape index (κ3) is 3.41. The van der Waals surface area contributed by atoms with E-state index in [4.69, 9.17) is 5.11 Å². The molecule has 104 valence electrons. The Kier molecular flexibility index (Phi) is 4.09. The summed E-state index contributed by atoms with van der Waals surface area (Å²) in [5.74, 6) is -1.22. The number of aryl methyl sites for hydroxylation is 2. The zero-order chi connectivity index (χ0) is 14.5. The Labute approximate surface area is 115 Å². The first-order valence-electron chi connectivity index (χ1n) is 6.02. The van der Waals surface area contributed by atoms with Crippen LogP contribution >= 0.6 is 0 Å². The van der Waals surface area contributed by atoms with E-state index in [0.717, 1.165) is 0 Å². The van der Waals surface area contributed by atoms with Gasteiger partial charge in [0.2, 0.25) is 5.91 Å². The van der Waals surface area contributed by atoms with E-state index in [1.165, 1.54) is 18.7 Å². The van der Waals surface area contributed by atoms with Gasteiger partial charge in [-0.2, -0.15) is 5.10 Å². The number of aromatic carboxylic acids is 1. The normalized spacial score (nSPS) is 10.2. The molecule has 0 aliphatic carbocycles. The number of nitrogens with zero attached hydrogens (tertiary/aromatic N) is 3. The average molecular weight is 274 g/mol. The van der Waals surface area contributed by atoms with Gasteiger partial charge in [-0.15, -0.1) is 0 Å². The second-order valence-electron chi connectivity index (χ2n) is 4.29. The molecule has 0 bridgehead atoms. The van der Waals surface area contributed by atoms with E-state index in [-0.39, 0.29) is 17.9 Å². The molecule has 7 heteroatoms. The van der Waals surface area contributed by atoms with Crippen LogP contribution in [0.1, 0.15) is 22.3 Å². The number of aromatic nitrogens is 3. The van der Waals surface area contributed by atoms with Crippen LogP contribution < -0.4 is 5.32 Å². The molecular formula is C13H14N4O3. The highest BCUT2D eigenvalue weighted by molar-refractivity contribution is 5.94. The maximum Gasteiger partial charge on any atom is 0.336 e. The molecule has 0 unspecified atom stereocenters. The maximum atomic E-state index is 11.8. The number of rotatable bonds is 5. The molecule has 1 aromatic carbocycles. The van der Waals surface area contributed by atoms with Gasteiger partial charge in [0, 0.05) is 12.1 Å². The molecule has 0 aliphatic heterocycles. The number of carboxylic acids is 1. The minimum absolute atomic E-state index is 0.180. The third-order valence-corrected chi connectivity index (χ3v) is 2.79. The maximum absolute atomic E-state index is 11.8. The molecule has 1 amide bonds. The summed E-state index contributed by atoms with van der Waals surface area (Å²) in [4.78, 5) is 26.5. The quantitative estimate of drug-likeness (QED) is 0.856. The van der Waals surface area contributed by atoms with Crippen LogP contribution in [0.15, 0.2) is 30.9 Å². The molecule has 0 atom stereocenters. The van der Waals surface area contributed by atoms with Crippen LogP contribution in [0.2, 0.25) is 0 Å². The van der Waals surface area contributed by atoms with Crippen molar-refractivity contribution in [3.8, 4) is 0 Å². The highest BCUT2D eigenvalue weighted by atomic mass is 16.4. The van der Waals surface area contributed by atoms with Crippen molar-refractivity contribution >= 4 is 17.6 Å². The van der Waals surface area contributed by atoms with Gasteiger partial charge in [0.25, 0.3) is 0 Å². The lowest BCUT2D eigenvalue weighted by Crippen LogP contribution is -2.15. The van der Waals surface area contributed by atoms with Gasteiger partial charge in [-0.1, -0.05) is 6.07 Å². The van der Waals surface area contributed by atoms with E-state index in [1.54, 1.807) is 23.7 Å². The van der Waals surface area contributed by atoms with Crippen LogP contribution in [0.25, 0.3) is 0 Å². The van der Waals surface area contributed by atoms with E-state index in [0.29, 0.717) is 17.8 Å². The highest BCUT2D eigenvalue weighted by Crippen LogP contribution is 2.15. The van der Waals surface area contributed by atoms with Crippen molar-refractivity contribution in [2.45, 2.75) is 19.9 Å². The van der Waals surface area contributed by atoms with Crippen molar-refractivity contribution in [1.82, 2.24) is 14.8 Å². The molecule has 1 aromatic heterocycles. The van der Waals surface area contributed by atoms with Crippen molar-refractivity contribution in [2.24, 2.45) is 0 Å². The van der Waals surface area contributed by atoms with Crippen molar-refractivity contribution < 1.29 is 14.7 Å². The number of nitrogens with one attached hydrogen (secondary N) is 1. The summed E-state index contributed by atoms with van der Waals surface area (Å²) >= 11 is 0. The van der Waals surface area contributed by atoms with Crippen LogP contribution in [-0.2, 0) is 11.3 Å². The van der Waals surface area contributed by atoms with Crippen molar-refractivity contribution in [3.05, 3.63) is 42.0 Å². The van der Waals surface area contributed by atoms with Crippen LogP contribution in [-0.4, -0.2) is 31.7 Å². The number of carbonyl (C=O) groups is 2. The standard InChI is InChI=1S/C13H14N4O3/c1-9-2-3-10(6-11(9)13(19)20)16-12(18)4-5-17-8-14-7-15-17/h2-3,6-8H,4-5H2,1H3,(H,16,18)(H,19,20). The summed E-state index contributed by atoms with van der Waals surface area (Å²) in [5, 5.41) is 15.6. The molecule has 1 heterocycles. The molecule has 0 saturated carbocycles. The molecule has 2 aromatic rings. The molecule has 20 heavy (non-hydrogen) atoms. The van der Waals surface area contributed by atoms with E-state index >= 15 is 0 Å². The SMILES string of the molecule is Cc1ccc(NC(=O)CCn2cncn2)cc1C(=O)O. The van der Waals surface area contributed by atoms with Gasteiger partial charge in [-0.3, -0.25) is 9.48 Å². The van der Waals surface area contributed by atoms with Gasteiger partial charge in [0.05, 0.1) is 12.1 Å². The Morgan fingerprint density at radius 2 is 2.20 bits per heavy atom. The number of anilines is 1. The summed E-state index contributed by atoms with van der Waals surface area (Å²) < 4.78 is 1.55. The number of carbonyl (C=O) groups excluding carboxylic acids is 1. The van der Waals surface area contributed by atoms with Crippen LogP contribution in [0.4, 0.5) is 5.69 Å². The first kappa shape index (κ1) is 13.7. The Balaban J connectivity index is 1.97. The molecule has 0 aliphatic rings. The molecule has 2 rings (SSSR count). The summed E-state index contributed by atoms with van der Waals surface area (Å²) in [5.41, 5.74) is 1.30. The zero-order valence-corrected chi connectivity index (χ0v) is 10.9. The van der Waals surface area contributed by atoms with Gasteiger partial charge in [-0.25, -0.2) is 9.78 Å². The Morgan fingerprint density at radius 1 is 1.40 bits per heavy atom. The van der Waals surface area contributed by atoms with Gasteiger partial charge < -0.3 is 10.4 Å². The Bertz CT molecular complexity index is 623. The molecule has 0 spiro atoms. The molecule has 0 radical (unpaired) electrons. The second kappa shape index (κ2) is 5.96. The van der Waals surface area contributed by atoms with Gasteiger partial charge >= 0.3 is 5.97 Å². The number of amides is 1. The van der Waals surface area contributed by atoms with E-state index in [2.05, 4.69) is 15.4 Å². The minimum atomic E-state index is -1.01. The number of hydrogen-bond acceptors (Lipinski definition) is 4. The van der Waals surface area contributed by atoms with Crippen LogP contribution in [0.5, 0.6) is 0 Å². The Morgan fingerprint density at radius 3 is 2.85 bits per heavy atom. The number of carboxylic acid groups (broad SMARTS) is 1.